The SMILES string of the molecule is Cc1nn(Cc2c(Cl)cccc2Cl)c(Cl)c1C=CC(=O)OCC(=O)c1ccccc1. The Bertz CT molecular complexity index is 1090. The summed E-state index contributed by atoms with van der Waals surface area (Å²) in [4.78, 5) is 24.0. The molecule has 0 amide bonds. The van der Waals surface area contributed by atoms with Crippen LogP contribution in [0.5, 0.6) is 0 Å². The van der Waals surface area contributed by atoms with Crippen molar-refractivity contribution in [2.75, 3.05) is 6.61 Å². The summed E-state index contributed by atoms with van der Waals surface area (Å²) in [5.74, 6) is -0.937. The van der Waals surface area contributed by atoms with E-state index in [0.29, 0.717) is 37.6 Å². The molecular weight excluding hydrogens is 447 g/mol. The molecular formula is C22H17Cl3N2O3. The Morgan fingerprint density at radius 3 is 2.37 bits per heavy atom. The summed E-state index contributed by atoms with van der Waals surface area (Å²) in [5, 5.41) is 5.74. The highest BCUT2D eigenvalue weighted by Gasteiger charge is 2.15. The lowest BCUT2D eigenvalue weighted by molar-refractivity contribution is -0.136. The van der Waals surface area contributed by atoms with E-state index in [0.717, 1.165) is 0 Å². The molecule has 0 saturated carbocycles. The Labute approximate surface area is 188 Å². The van der Waals surface area contributed by atoms with Crippen LogP contribution in [0.2, 0.25) is 15.2 Å². The molecule has 2 aromatic carbocycles. The van der Waals surface area contributed by atoms with E-state index in [1.54, 1.807) is 60.1 Å². The van der Waals surface area contributed by atoms with Crippen LogP contribution in [0.25, 0.3) is 6.08 Å². The third-order valence-electron chi connectivity index (χ3n) is 4.31. The van der Waals surface area contributed by atoms with Crippen molar-refractivity contribution in [3.63, 3.8) is 0 Å². The maximum atomic E-state index is 12.0. The van der Waals surface area contributed by atoms with Crippen LogP contribution >= 0.6 is 34.8 Å². The number of Topliss-reactive ketones (excluding diaryl/α,β-unsaturated/α-hetero) is 1. The van der Waals surface area contributed by atoms with Gasteiger partial charge in [0.1, 0.15) is 5.15 Å². The molecule has 0 fully saturated rings. The number of hydrogen-bond donors (Lipinski definition) is 0. The van der Waals surface area contributed by atoms with Crippen LogP contribution in [-0.2, 0) is 16.1 Å². The molecule has 0 spiro atoms. The lowest BCUT2D eigenvalue weighted by Crippen LogP contribution is -2.12. The Hall–Kier alpha value is -2.60. The fourth-order valence-corrected chi connectivity index (χ4v) is 3.55. The molecule has 0 aliphatic rings. The quantitative estimate of drug-likeness (QED) is 0.258. The zero-order chi connectivity index (χ0) is 21.7. The second-order valence-electron chi connectivity index (χ2n) is 6.38. The molecule has 0 aliphatic carbocycles. The third-order valence-corrected chi connectivity index (χ3v) is 5.41. The van der Waals surface area contributed by atoms with Gasteiger partial charge in [-0.05, 0) is 25.1 Å². The van der Waals surface area contributed by atoms with E-state index in [1.807, 2.05) is 0 Å². The largest absolute Gasteiger partial charge is 0.454 e. The second-order valence-corrected chi connectivity index (χ2v) is 7.55. The first-order valence-electron chi connectivity index (χ1n) is 8.95. The van der Waals surface area contributed by atoms with Crippen molar-refractivity contribution < 1.29 is 14.3 Å². The topological polar surface area (TPSA) is 61.2 Å². The summed E-state index contributed by atoms with van der Waals surface area (Å²) < 4.78 is 6.56. The molecule has 0 N–H and O–H groups in total. The second kappa shape index (κ2) is 9.94. The predicted molar refractivity (Wildman–Crippen MR) is 118 cm³/mol. The average molecular weight is 464 g/mol. The van der Waals surface area contributed by atoms with Gasteiger partial charge in [-0.2, -0.15) is 5.10 Å². The van der Waals surface area contributed by atoms with Gasteiger partial charge in [0, 0.05) is 32.8 Å². The molecule has 3 rings (SSSR count). The van der Waals surface area contributed by atoms with Gasteiger partial charge in [-0.25, -0.2) is 9.48 Å². The molecule has 3 aromatic rings. The highest BCUT2D eigenvalue weighted by atomic mass is 35.5. The highest BCUT2D eigenvalue weighted by molar-refractivity contribution is 6.36. The number of aromatic nitrogens is 2. The number of ether oxygens (including phenoxy) is 1. The van der Waals surface area contributed by atoms with E-state index in [9.17, 15) is 9.59 Å². The number of carbonyl (C=O) groups is 2. The number of esters is 1. The minimum absolute atomic E-state index is 0.280. The normalized spacial score (nSPS) is 11.1. The maximum absolute atomic E-state index is 12.0. The Balaban J connectivity index is 1.67. The van der Waals surface area contributed by atoms with E-state index in [-0.39, 0.29) is 18.9 Å². The zero-order valence-corrected chi connectivity index (χ0v) is 18.2. The van der Waals surface area contributed by atoms with Crippen molar-refractivity contribution in [3.8, 4) is 0 Å². The number of ketones is 1. The summed E-state index contributed by atoms with van der Waals surface area (Å²) in [7, 11) is 0. The van der Waals surface area contributed by atoms with Gasteiger partial charge in [0.05, 0.1) is 12.2 Å². The number of nitrogens with zero attached hydrogens (tertiary/aromatic N) is 2. The van der Waals surface area contributed by atoms with E-state index in [4.69, 9.17) is 39.5 Å². The highest BCUT2D eigenvalue weighted by Crippen LogP contribution is 2.28. The lowest BCUT2D eigenvalue weighted by atomic mass is 10.1. The summed E-state index contributed by atoms with van der Waals surface area (Å²) in [6, 6.07) is 13.8. The number of hydrogen-bond acceptors (Lipinski definition) is 4. The van der Waals surface area contributed by atoms with Crippen LogP contribution in [-0.4, -0.2) is 28.1 Å². The first kappa shape index (κ1) is 22.1. The van der Waals surface area contributed by atoms with Crippen molar-refractivity contribution >= 4 is 52.6 Å². The van der Waals surface area contributed by atoms with Crippen LogP contribution in [0, 0.1) is 6.92 Å². The van der Waals surface area contributed by atoms with Gasteiger partial charge in [-0.1, -0.05) is 71.2 Å². The standard InChI is InChI=1S/C22H17Cl3N2O3/c1-14-16(10-11-21(29)30-13-20(28)15-6-3-2-4-7-15)22(25)27(26-14)12-17-18(23)8-5-9-19(17)24/h2-11H,12-13H2,1H3. The van der Waals surface area contributed by atoms with Gasteiger partial charge in [0.15, 0.2) is 12.4 Å². The van der Waals surface area contributed by atoms with E-state index < -0.39 is 5.97 Å². The molecule has 0 radical (unpaired) electrons. The Morgan fingerprint density at radius 2 is 1.70 bits per heavy atom. The van der Waals surface area contributed by atoms with Crippen molar-refractivity contribution in [2.45, 2.75) is 13.5 Å². The fraction of sp³-hybridized carbons (Fsp3) is 0.136. The van der Waals surface area contributed by atoms with Gasteiger partial charge in [0.25, 0.3) is 0 Å². The molecule has 0 aliphatic heterocycles. The monoisotopic (exact) mass is 462 g/mol. The predicted octanol–water partition coefficient (Wildman–Crippen LogP) is 5.64. The Kier molecular flexibility index (Phi) is 7.32. The number of benzene rings is 2. The molecule has 0 bridgehead atoms. The first-order chi connectivity index (χ1) is 14.4. The van der Waals surface area contributed by atoms with Gasteiger partial charge < -0.3 is 4.74 Å². The van der Waals surface area contributed by atoms with Crippen LogP contribution in [0.3, 0.4) is 0 Å². The summed E-state index contributed by atoms with van der Waals surface area (Å²) in [5.41, 5.74) is 2.35. The number of aryl methyl sites for hydroxylation is 1. The van der Waals surface area contributed by atoms with Crippen LogP contribution < -0.4 is 0 Å². The number of carbonyl (C=O) groups excluding carboxylic acids is 2. The molecule has 0 unspecified atom stereocenters. The molecule has 30 heavy (non-hydrogen) atoms. The van der Waals surface area contributed by atoms with Crippen LogP contribution in [0.1, 0.15) is 27.2 Å². The van der Waals surface area contributed by atoms with Crippen molar-refractivity contribution in [1.29, 1.82) is 0 Å². The van der Waals surface area contributed by atoms with E-state index in [2.05, 4.69) is 5.10 Å². The van der Waals surface area contributed by atoms with Crippen LogP contribution in [0.4, 0.5) is 0 Å². The van der Waals surface area contributed by atoms with Gasteiger partial charge in [0.2, 0.25) is 0 Å². The molecule has 1 aromatic heterocycles. The number of rotatable bonds is 7. The maximum Gasteiger partial charge on any atom is 0.331 e. The number of halogens is 3. The van der Waals surface area contributed by atoms with Gasteiger partial charge in [-0.3, -0.25) is 4.79 Å². The summed E-state index contributed by atoms with van der Waals surface area (Å²) >= 11 is 18.9. The third kappa shape index (κ3) is 5.30. The summed E-state index contributed by atoms with van der Waals surface area (Å²) in [6.45, 7) is 1.70. The molecule has 5 nitrogen and oxygen atoms in total. The van der Waals surface area contributed by atoms with E-state index in [1.165, 1.54) is 12.2 Å². The van der Waals surface area contributed by atoms with Crippen LogP contribution in [0.15, 0.2) is 54.6 Å². The lowest BCUT2D eigenvalue weighted by Gasteiger charge is -2.08. The van der Waals surface area contributed by atoms with Gasteiger partial charge in [-0.15, -0.1) is 0 Å². The summed E-state index contributed by atoms with van der Waals surface area (Å²) in [6.07, 6.45) is 2.71. The zero-order valence-electron chi connectivity index (χ0n) is 15.9. The molecule has 154 valence electrons. The van der Waals surface area contributed by atoms with Crippen molar-refractivity contribution in [2.24, 2.45) is 0 Å². The van der Waals surface area contributed by atoms with Crippen molar-refractivity contribution in [1.82, 2.24) is 9.78 Å². The van der Waals surface area contributed by atoms with E-state index >= 15 is 0 Å². The molecule has 0 atom stereocenters. The molecule has 8 heteroatoms. The first-order valence-corrected chi connectivity index (χ1v) is 10.1. The minimum atomic E-state index is -0.656. The van der Waals surface area contributed by atoms with Crippen molar-refractivity contribution in [3.05, 3.63) is 92.2 Å². The van der Waals surface area contributed by atoms with Gasteiger partial charge >= 0.3 is 5.97 Å². The Morgan fingerprint density at radius 1 is 1.03 bits per heavy atom. The smallest absolute Gasteiger partial charge is 0.331 e. The molecule has 0 saturated heterocycles. The molecule has 1 heterocycles. The fourth-order valence-electron chi connectivity index (χ4n) is 2.74. The minimum Gasteiger partial charge on any atom is -0.454 e. The average Bonchev–Trinajstić information content (AvgIpc) is 3.00.